The number of benzene rings is 1. The highest BCUT2D eigenvalue weighted by molar-refractivity contribution is 6.31. The summed E-state index contributed by atoms with van der Waals surface area (Å²) in [6.07, 6.45) is 2.02. The number of halogens is 1. The van der Waals surface area contributed by atoms with Gasteiger partial charge < -0.3 is 5.32 Å². The minimum absolute atomic E-state index is 0.206. The Labute approximate surface area is 119 Å². The lowest BCUT2D eigenvalue weighted by Crippen LogP contribution is -2.19. The van der Waals surface area contributed by atoms with E-state index in [0.29, 0.717) is 6.04 Å². The van der Waals surface area contributed by atoms with Crippen LogP contribution in [0.15, 0.2) is 36.5 Å². The lowest BCUT2D eigenvalue weighted by atomic mass is 10.1. The molecule has 0 radical (unpaired) electrons. The second-order valence-corrected chi connectivity index (χ2v) is 5.41. The molecule has 1 N–H and O–H groups in total. The van der Waals surface area contributed by atoms with Gasteiger partial charge in [0.1, 0.15) is 0 Å². The van der Waals surface area contributed by atoms with Gasteiger partial charge in [0, 0.05) is 29.8 Å². The fourth-order valence-electron chi connectivity index (χ4n) is 1.95. The number of hydrogen-bond acceptors (Lipinski definition) is 2. The SMILES string of the molecule is CC(C)n1ccc(CN[C@@H](C)c2ccccc2Cl)n1. The molecule has 1 atom stereocenters. The van der Waals surface area contributed by atoms with E-state index in [-0.39, 0.29) is 6.04 Å². The van der Waals surface area contributed by atoms with Gasteiger partial charge in [0.05, 0.1) is 5.69 Å². The van der Waals surface area contributed by atoms with Gasteiger partial charge in [-0.05, 0) is 38.5 Å². The van der Waals surface area contributed by atoms with Gasteiger partial charge in [0.25, 0.3) is 0 Å². The smallest absolute Gasteiger partial charge is 0.0762 e. The fraction of sp³-hybridized carbons (Fsp3) is 0.400. The Bertz CT molecular complexity index is 534. The maximum Gasteiger partial charge on any atom is 0.0762 e. The molecule has 19 heavy (non-hydrogen) atoms. The van der Waals surface area contributed by atoms with Crippen LogP contribution in [0.2, 0.25) is 5.02 Å². The zero-order valence-electron chi connectivity index (χ0n) is 11.6. The molecule has 0 aliphatic heterocycles. The van der Waals surface area contributed by atoms with Gasteiger partial charge in [0.2, 0.25) is 0 Å². The van der Waals surface area contributed by atoms with E-state index in [2.05, 4.69) is 31.2 Å². The molecule has 2 rings (SSSR count). The van der Waals surface area contributed by atoms with E-state index in [1.54, 1.807) is 0 Å². The van der Waals surface area contributed by atoms with E-state index in [4.69, 9.17) is 11.6 Å². The highest BCUT2D eigenvalue weighted by Gasteiger charge is 2.09. The molecule has 102 valence electrons. The summed E-state index contributed by atoms with van der Waals surface area (Å²) in [5, 5.41) is 8.77. The van der Waals surface area contributed by atoms with Crippen LogP contribution in [-0.2, 0) is 6.54 Å². The summed E-state index contributed by atoms with van der Waals surface area (Å²) in [5.74, 6) is 0. The first-order chi connectivity index (χ1) is 9.08. The first kappa shape index (κ1) is 14.1. The van der Waals surface area contributed by atoms with Gasteiger partial charge in [-0.3, -0.25) is 4.68 Å². The van der Waals surface area contributed by atoms with Crippen molar-refractivity contribution in [2.45, 2.75) is 39.4 Å². The van der Waals surface area contributed by atoms with Gasteiger partial charge in [-0.15, -0.1) is 0 Å². The summed E-state index contributed by atoms with van der Waals surface area (Å²) < 4.78 is 1.97. The van der Waals surface area contributed by atoms with Crippen LogP contribution in [0.25, 0.3) is 0 Å². The summed E-state index contributed by atoms with van der Waals surface area (Å²) in [6.45, 7) is 7.10. The van der Waals surface area contributed by atoms with E-state index < -0.39 is 0 Å². The topological polar surface area (TPSA) is 29.9 Å². The molecule has 0 aliphatic rings. The zero-order chi connectivity index (χ0) is 13.8. The Morgan fingerprint density at radius 1 is 1.21 bits per heavy atom. The van der Waals surface area contributed by atoms with Crippen LogP contribution in [0, 0.1) is 0 Å². The van der Waals surface area contributed by atoms with Gasteiger partial charge in [0.15, 0.2) is 0 Å². The average Bonchev–Trinajstić information content (AvgIpc) is 2.85. The third-order valence-corrected chi connectivity index (χ3v) is 3.50. The molecular formula is C15H20ClN3. The summed E-state index contributed by atoms with van der Waals surface area (Å²) in [5.41, 5.74) is 2.17. The number of rotatable bonds is 5. The molecule has 1 aromatic heterocycles. The Hall–Kier alpha value is -1.32. The second-order valence-electron chi connectivity index (χ2n) is 5.00. The van der Waals surface area contributed by atoms with Gasteiger partial charge in [-0.25, -0.2) is 0 Å². The standard InChI is InChI=1S/C15H20ClN3/c1-11(2)19-9-8-13(18-19)10-17-12(3)14-6-4-5-7-15(14)16/h4-9,11-12,17H,10H2,1-3H3/t12-/m0/s1. The predicted molar refractivity (Wildman–Crippen MR) is 79.3 cm³/mol. The maximum atomic E-state index is 6.19. The van der Waals surface area contributed by atoms with Crippen molar-refractivity contribution >= 4 is 11.6 Å². The number of hydrogen-bond donors (Lipinski definition) is 1. The fourth-order valence-corrected chi connectivity index (χ4v) is 2.25. The van der Waals surface area contributed by atoms with Crippen LogP contribution in [0.1, 0.15) is 44.1 Å². The molecular weight excluding hydrogens is 258 g/mol. The molecule has 2 aromatic rings. The third kappa shape index (κ3) is 3.58. The maximum absolute atomic E-state index is 6.19. The van der Waals surface area contributed by atoms with E-state index in [1.807, 2.05) is 41.2 Å². The van der Waals surface area contributed by atoms with Crippen LogP contribution in [0.4, 0.5) is 0 Å². The molecule has 0 saturated heterocycles. The van der Waals surface area contributed by atoms with Crippen LogP contribution in [-0.4, -0.2) is 9.78 Å². The predicted octanol–water partition coefficient (Wildman–Crippen LogP) is 3.97. The molecule has 0 unspecified atom stereocenters. The van der Waals surface area contributed by atoms with Crippen molar-refractivity contribution in [2.24, 2.45) is 0 Å². The highest BCUT2D eigenvalue weighted by Crippen LogP contribution is 2.22. The Morgan fingerprint density at radius 3 is 2.58 bits per heavy atom. The summed E-state index contributed by atoms with van der Waals surface area (Å²) in [6, 6.07) is 10.6. The molecule has 0 aliphatic carbocycles. The van der Waals surface area contributed by atoms with Crippen molar-refractivity contribution in [3.8, 4) is 0 Å². The lowest BCUT2D eigenvalue weighted by Gasteiger charge is -2.14. The molecule has 0 spiro atoms. The highest BCUT2D eigenvalue weighted by atomic mass is 35.5. The largest absolute Gasteiger partial charge is 0.304 e. The van der Waals surface area contributed by atoms with Gasteiger partial charge >= 0.3 is 0 Å². The Balaban J connectivity index is 1.96. The number of aromatic nitrogens is 2. The molecule has 3 nitrogen and oxygen atoms in total. The van der Waals surface area contributed by atoms with E-state index in [9.17, 15) is 0 Å². The molecule has 0 amide bonds. The number of nitrogens with zero attached hydrogens (tertiary/aromatic N) is 2. The normalized spacial score (nSPS) is 12.9. The first-order valence-corrected chi connectivity index (χ1v) is 6.97. The van der Waals surface area contributed by atoms with Crippen molar-refractivity contribution in [3.63, 3.8) is 0 Å². The van der Waals surface area contributed by atoms with Gasteiger partial charge in [-0.2, -0.15) is 5.10 Å². The minimum atomic E-state index is 0.206. The van der Waals surface area contributed by atoms with E-state index >= 15 is 0 Å². The summed E-state index contributed by atoms with van der Waals surface area (Å²) in [4.78, 5) is 0. The third-order valence-electron chi connectivity index (χ3n) is 3.15. The summed E-state index contributed by atoms with van der Waals surface area (Å²) >= 11 is 6.19. The quantitative estimate of drug-likeness (QED) is 0.896. The first-order valence-electron chi connectivity index (χ1n) is 6.59. The molecule has 4 heteroatoms. The second kappa shape index (κ2) is 6.22. The van der Waals surface area contributed by atoms with Crippen LogP contribution in [0.3, 0.4) is 0 Å². The average molecular weight is 278 g/mol. The van der Waals surface area contributed by atoms with E-state index in [1.165, 1.54) is 0 Å². The van der Waals surface area contributed by atoms with Crippen molar-refractivity contribution in [3.05, 3.63) is 52.8 Å². The Kier molecular flexibility index (Phi) is 4.61. The van der Waals surface area contributed by atoms with Crippen LogP contribution in [0.5, 0.6) is 0 Å². The minimum Gasteiger partial charge on any atom is -0.304 e. The molecule has 0 fully saturated rings. The van der Waals surface area contributed by atoms with Crippen molar-refractivity contribution in [2.75, 3.05) is 0 Å². The Morgan fingerprint density at radius 2 is 1.95 bits per heavy atom. The van der Waals surface area contributed by atoms with Crippen molar-refractivity contribution < 1.29 is 0 Å². The van der Waals surface area contributed by atoms with Crippen molar-refractivity contribution in [1.29, 1.82) is 0 Å². The molecule has 1 heterocycles. The number of nitrogens with one attached hydrogen (secondary N) is 1. The molecule has 0 saturated carbocycles. The van der Waals surface area contributed by atoms with Crippen LogP contribution >= 0.6 is 11.6 Å². The van der Waals surface area contributed by atoms with Gasteiger partial charge in [-0.1, -0.05) is 29.8 Å². The zero-order valence-corrected chi connectivity index (χ0v) is 12.4. The lowest BCUT2D eigenvalue weighted by molar-refractivity contribution is 0.512. The van der Waals surface area contributed by atoms with Crippen LogP contribution < -0.4 is 5.32 Å². The monoisotopic (exact) mass is 277 g/mol. The molecule has 0 bridgehead atoms. The van der Waals surface area contributed by atoms with Crippen molar-refractivity contribution in [1.82, 2.24) is 15.1 Å². The van der Waals surface area contributed by atoms with E-state index in [0.717, 1.165) is 22.8 Å². The molecule has 1 aromatic carbocycles. The summed E-state index contributed by atoms with van der Waals surface area (Å²) in [7, 11) is 0.